The highest BCUT2D eigenvalue weighted by molar-refractivity contribution is 6.30. The number of halogens is 2. The Labute approximate surface area is 149 Å². The van der Waals surface area contributed by atoms with Crippen LogP contribution in [0.25, 0.3) is 0 Å². The minimum atomic E-state index is 0. The van der Waals surface area contributed by atoms with Crippen molar-refractivity contribution < 1.29 is 4.79 Å². The monoisotopic (exact) mass is 357 g/mol. The summed E-state index contributed by atoms with van der Waals surface area (Å²) in [6.07, 6.45) is 6.27. The molecule has 4 nitrogen and oxygen atoms in total. The van der Waals surface area contributed by atoms with Gasteiger partial charge in [-0.2, -0.15) is 0 Å². The van der Waals surface area contributed by atoms with Gasteiger partial charge in [0.1, 0.15) is 0 Å². The quantitative estimate of drug-likeness (QED) is 0.871. The van der Waals surface area contributed by atoms with Gasteiger partial charge in [0.2, 0.25) is 5.91 Å². The van der Waals surface area contributed by atoms with Gasteiger partial charge in [-0.25, -0.2) is 0 Å². The van der Waals surface area contributed by atoms with Gasteiger partial charge in [0.15, 0.2) is 0 Å². The van der Waals surface area contributed by atoms with E-state index in [2.05, 4.69) is 15.5 Å². The van der Waals surface area contributed by atoms with Crippen LogP contribution in [0.15, 0.2) is 24.3 Å². The van der Waals surface area contributed by atoms with E-state index in [0.29, 0.717) is 11.6 Å². The van der Waals surface area contributed by atoms with Crippen molar-refractivity contribution >= 4 is 35.6 Å². The number of anilines is 1. The molecule has 2 N–H and O–H groups in total. The third-order valence-electron chi connectivity index (χ3n) is 4.91. The van der Waals surface area contributed by atoms with Crippen LogP contribution in [0, 0.1) is 0 Å². The summed E-state index contributed by atoms with van der Waals surface area (Å²) in [4.78, 5) is 14.8. The van der Waals surface area contributed by atoms with E-state index in [9.17, 15) is 4.79 Å². The summed E-state index contributed by atoms with van der Waals surface area (Å²) in [5.41, 5.74) is 0.952. The lowest BCUT2D eigenvalue weighted by Gasteiger charge is -2.49. The molecule has 1 aromatic rings. The van der Waals surface area contributed by atoms with E-state index in [1.807, 2.05) is 18.2 Å². The van der Waals surface area contributed by atoms with Crippen molar-refractivity contribution in [3.8, 4) is 0 Å². The van der Waals surface area contributed by atoms with Crippen molar-refractivity contribution in [3.05, 3.63) is 29.3 Å². The van der Waals surface area contributed by atoms with Gasteiger partial charge in [0.25, 0.3) is 0 Å². The van der Waals surface area contributed by atoms with E-state index in [0.717, 1.165) is 25.3 Å². The van der Waals surface area contributed by atoms with Gasteiger partial charge in [-0.1, -0.05) is 36.9 Å². The highest BCUT2D eigenvalue weighted by atomic mass is 35.5. The molecule has 1 spiro atoms. The first-order valence-electron chi connectivity index (χ1n) is 8.19. The van der Waals surface area contributed by atoms with Crippen molar-refractivity contribution in [3.63, 3.8) is 0 Å². The molecule has 1 aliphatic heterocycles. The zero-order chi connectivity index (χ0) is 15.4. The molecule has 0 unspecified atom stereocenters. The lowest BCUT2D eigenvalue weighted by molar-refractivity contribution is -0.120. The molecule has 3 rings (SSSR count). The normalized spacial score (nSPS) is 20.7. The van der Waals surface area contributed by atoms with E-state index in [-0.39, 0.29) is 23.9 Å². The van der Waals surface area contributed by atoms with Gasteiger partial charge in [0, 0.05) is 35.9 Å². The van der Waals surface area contributed by atoms with Crippen LogP contribution in [0.4, 0.5) is 5.69 Å². The Morgan fingerprint density at radius 1 is 1.30 bits per heavy atom. The molecule has 1 saturated heterocycles. The predicted octanol–water partition coefficient (Wildman–Crippen LogP) is 3.31. The number of hydrogen-bond acceptors (Lipinski definition) is 3. The summed E-state index contributed by atoms with van der Waals surface area (Å²) in [6, 6.07) is 7.32. The second-order valence-corrected chi connectivity index (χ2v) is 6.88. The SMILES string of the molecule is Cl.O=C(CN1CCNCC12CCCCC2)Nc1cccc(Cl)c1. The van der Waals surface area contributed by atoms with Crippen molar-refractivity contribution in [2.45, 2.75) is 37.6 Å². The molecule has 0 bridgehead atoms. The summed E-state index contributed by atoms with van der Waals surface area (Å²) >= 11 is 5.97. The van der Waals surface area contributed by atoms with Crippen LogP contribution in [-0.4, -0.2) is 42.5 Å². The molecule has 1 aliphatic carbocycles. The number of rotatable bonds is 3. The first-order chi connectivity index (χ1) is 10.7. The van der Waals surface area contributed by atoms with E-state index in [1.165, 1.54) is 32.1 Å². The topological polar surface area (TPSA) is 44.4 Å². The van der Waals surface area contributed by atoms with Crippen LogP contribution in [0.2, 0.25) is 5.02 Å². The standard InChI is InChI=1S/C17H24ClN3O.ClH/c18-14-5-4-6-15(11-14)20-16(22)12-21-10-9-19-13-17(21)7-2-1-3-8-17;/h4-6,11,19H,1-3,7-10,12-13H2,(H,20,22);1H. The maximum absolute atomic E-state index is 12.4. The molecule has 0 radical (unpaired) electrons. The maximum Gasteiger partial charge on any atom is 0.238 e. The summed E-state index contributed by atoms with van der Waals surface area (Å²) in [5, 5.41) is 7.12. The molecular weight excluding hydrogens is 333 g/mol. The molecule has 0 aromatic heterocycles. The zero-order valence-corrected chi connectivity index (χ0v) is 14.9. The average Bonchev–Trinajstić information content (AvgIpc) is 2.51. The third kappa shape index (κ3) is 4.60. The molecule has 1 saturated carbocycles. The van der Waals surface area contributed by atoms with Crippen molar-refractivity contribution in [2.24, 2.45) is 0 Å². The van der Waals surface area contributed by atoms with Gasteiger partial charge in [-0.05, 0) is 31.0 Å². The van der Waals surface area contributed by atoms with Crippen LogP contribution in [-0.2, 0) is 4.79 Å². The van der Waals surface area contributed by atoms with Crippen LogP contribution in [0.5, 0.6) is 0 Å². The molecule has 6 heteroatoms. The fourth-order valence-corrected chi connectivity index (χ4v) is 3.96. The van der Waals surface area contributed by atoms with Crippen LogP contribution in [0.1, 0.15) is 32.1 Å². The molecule has 2 fully saturated rings. The molecule has 128 valence electrons. The van der Waals surface area contributed by atoms with Crippen LogP contribution >= 0.6 is 24.0 Å². The Morgan fingerprint density at radius 2 is 2.09 bits per heavy atom. The van der Waals surface area contributed by atoms with E-state index in [1.54, 1.807) is 6.07 Å². The highest BCUT2D eigenvalue weighted by Crippen LogP contribution is 2.34. The van der Waals surface area contributed by atoms with Crippen molar-refractivity contribution in [1.82, 2.24) is 10.2 Å². The maximum atomic E-state index is 12.4. The second-order valence-electron chi connectivity index (χ2n) is 6.44. The molecule has 1 amide bonds. The number of hydrogen-bond donors (Lipinski definition) is 2. The number of piperazine rings is 1. The minimum absolute atomic E-state index is 0. The minimum Gasteiger partial charge on any atom is -0.325 e. The summed E-state index contributed by atoms with van der Waals surface area (Å²) in [7, 11) is 0. The number of benzene rings is 1. The Kier molecular flexibility index (Phi) is 6.72. The number of amides is 1. The lowest BCUT2D eigenvalue weighted by atomic mass is 9.79. The first kappa shape index (κ1) is 18.5. The smallest absolute Gasteiger partial charge is 0.238 e. The first-order valence-corrected chi connectivity index (χ1v) is 8.57. The summed E-state index contributed by atoms with van der Waals surface area (Å²) < 4.78 is 0. The fourth-order valence-electron chi connectivity index (χ4n) is 3.77. The van der Waals surface area contributed by atoms with Crippen LogP contribution in [0.3, 0.4) is 0 Å². The lowest BCUT2D eigenvalue weighted by Crippen LogP contribution is -2.63. The number of carbonyl (C=O) groups excluding carboxylic acids is 1. The largest absolute Gasteiger partial charge is 0.325 e. The molecule has 1 heterocycles. The summed E-state index contributed by atoms with van der Waals surface area (Å²) in [6.45, 7) is 3.39. The molecule has 23 heavy (non-hydrogen) atoms. The number of carbonyl (C=O) groups is 1. The average molecular weight is 358 g/mol. The Balaban J connectivity index is 0.00000192. The fraction of sp³-hybridized carbons (Fsp3) is 0.588. The number of nitrogens with one attached hydrogen (secondary N) is 2. The second kappa shape index (κ2) is 8.34. The van der Waals surface area contributed by atoms with Crippen molar-refractivity contribution in [1.29, 1.82) is 0 Å². The molecule has 0 atom stereocenters. The van der Waals surface area contributed by atoms with Crippen LogP contribution < -0.4 is 10.6 Å². The van der Waals surface area contributed by atoms with E-state index in [4.69, 9.17) is 11.6 Å². The van der Waals surface area contributed by atoms with Gasteiger partial charge in [0.05, 0.1) is 6.54 Å². The highest BCUT2D eigenvalue weighted by Gasteiger charge is 2.40. The molecule has 1 aromatic carbocycles. The van der Waals surface area contributed by atoms with Gasteiger partial charge in [-0.15, -0.1) is 12.4 Å². The third-order valence-corrected chi connectivity index (χ3v) is 5.15. The Bertz CT molecular complexity index is 524. The van der Waals surface area contributed by atoms with Gasteiger partial charge < -0.3 is 10.6 Å². The van der Waals surface area contributed by atoms with Gasteiger partial charge >= 0.3 is 0 Å². The molecular formula is C17H25Cl2N3O. The molecule has 2 aliphatic rings. The number of nitrogens with zero attached hydrogens (tertiary/aromatic N) is 1. The summed E-state index contributed by atoms with van der Waals surface area (Å²) in [5.74, 6) is 0.0501. The Morgan fingerprint density at radius 3 is 2.83 bits per heavy atom. The van der Waals surface area contributed by atoms with Gasteiger partial charge in [-0.3, -0.25) is 9.69 Å². The predicted molar refractivity (Wildman–Crippen MR) is 97.6 cm³/mol. The van der Waals surface area contributed by atoms with Crippen molar-refractivity contribution in [2.75, 3.05) is 31.5 Å². The van der Waals surface area contributed by atoms with E-state index >= 15 is 0 Å². The van der Waals surface area contributed by atoms with E-state index < -0.39 is 0 Å². The zero-order valence-electron chi connectivity index (χ0n) is 13.3. The Hall–Kier alpha value is -0.810.